The number of aryl methyl sites for hydroxylation is 1. The standard InChI is InChI=1S/C15H13Cl2N3O/c16-8-2-5-13-12(10-3-1-4-11(17)9-10)6-7-14-18-19-15(21)20(13)14/h1,3-4,6-7,9H,2,5,8H2,(H,19,21). The molecule has 108 valence electrons. The highest BCUT2D eigenvalue weighted by atomic mass is 35.5. The smallest absolute Gasteiger partial charge is 0.247 e. The average molecular weight is 322 g/mol. The van der Waals surface area contributed by atoms with E-state index in [1.54, 1.807) is 4.40 Å². The summed E-state index contributed by atoms with van der Waals surface area (Å²) in [6, 6.07) is 11.4. The maximum absolute atomic E-state index is 12.0. The van der Waals surface area contributed by atoms with Crippen molar-refractivity contribution in [2.75, 3.05) is 5.88 Å². The predicted molar refractivity (Wildman–Crippen MR) is 85.3 cm³/mol. The van der Waals surface area contributed by atoms with Gasteiger partial charge in [-0.3, -0.25) is 0 Å². The highest BCUT2D eigenvalue weighted by Gasteiger charge is 2.12. The number of nitrogens with one attached hydrogen (secondary N) is 1. The van der Waals surface area contributed by atoms with Crippen LogP contribution in [0.15, 0.2) is 41.2 Å². The Kier molecular flexibility index (Phi) is 3.99. The summed E-state index contributed by atoms with van der Waals surface area (Å²) in [4.78, 5) is 12.0. The van der Waals surface area contributed by atoms with E-state index in [0.29, 0.717) is 23.0 Å². The second-order valence-corrected chi connectivity index (χ2v) is 5.53. The van der Waals surface area contributed by atoms with Crippen LogP contribution in [0.25, 0.3) is 16.8 Å². The van der Waals surface area contributed by atoms with Crippen molar-refractivity contribution < 1.29 is 0 Å². The lowest BCUT2D eigenvalue weighted by Gasteiger charge is -2.11. The van der Waals surface area contributed by atoms with Crippen molar-refractivity contribution in [3.05, 3.63) is 57.6 Å². The number of alkyl halides is 1. The van der Waals surface area contributed by atoms with Crippen molar-refractivity contribution in [2.24, 2.45) is 0 Å². The highest BCUT2D eigenvalue weighted by molar-refractivity contribution is 6.30. The lowest BCUT2D eigenvalue weighted by molar-refractivity contribution is 0.850. The van der Waals surface area contributed by atoms with Crippen molar-refractivity contribution in [2.45, 2.75) is 12.8 Å². The minimum Gasteiger partial charge on any atom is -0.247 e. The summed E-state index contributed by atoms with van der Waals surface area (Å²) >= 11 is 11.9. The molecule has 0 spiro atoms. The van der Waals surface area contributed by atoms with Crippen molar-refractivity contribution in [1.82, 2.24) is 14.6 Å². The van der Waals surface area contributed by atoms with Crippen LogP contribution in [-0.4, -0.2) is 20.5 Å². The molecule has 6 heteroatoms. The number of benzene rings is 1. The topological polar surface area (TPSA) is 50.2 Å². The molecule has 1 N–H and O–H groups in total. The van der Waals surface area contributed by atoms with Gasteiger partial charge in [0.15, 0.2) is 5.65 Å². The zero-order chi connectivity index (χ0) is 14.8. The molecule has 0 saturated carbocycles. The van der Waals surface area contributed by atoms with Crippen LogP contribution in [0.3, 0.4) is 0 Å². The van der Waals surface area contributed by atoms with Gasteiger partial charge in [0.1, 0.15) is 0 Å². The third-order valence-corrected chi connectivity index (χ3v) is 3.86. The molecule has 21 heavy (non-hydrogen) atoms. The molecule has 0 saturated heterocycles. The van der Waals surface area contributed by atoms with Crippen LogP contribution in [-0.2, 0) is 6.42 Å². The van der Waals surface area contributed by atoms with Gasteiger partial charge in [-0.1, -0.05) is 23.7 Å². The molecule has 0 aliphatic carbocycles. The monoisotopic (exact) mass is 321 g/mol. The van der Waals surface area contributed by atoms with Crippen LogP contribution in [0.1, 0.15) is 12.1 Å². The van der Waals surface area contributed by atoms with Crippen LogP contribution < -0.4 is 5.69 Å². The number of pyridine rings is 1. The van der Waals surface area contributed by atoms with E-state index in [1.807, 2.05) is 36.4 Å². The molecule has 0 bridgehead atoms. The van der Waals surface area contributed by atoms with Crippen LogP contribution >= 0.6 is 23.2 Å². The van der Waals surface area contributed by atoms with Crippen LogP contribution in [0.4, 0.5) is 0 Å². The normalized spacial score (nSPS) is 11.1. The van der Waals surface area contributed by atoms with E-state index >= 15 is 0 Å². The fourth-order valence-corrected chi connectivity index (χ4v) is 2.78. The summed E-state index contributed by atoms with van der Waals surface area (Å²) in [7, 11) is 0. The number of halogens is 2. The van der Waals surface area contributed by atoms with Crippen molar-refractivity contribution in [3.8, 4) is 11.1 Å². The number of hydrogen-bond acceptors (Lipinski definition) is 2. The summed E-state index contributed by atoms with van der Waals surface area (Å²) < 4.78 is 1.60. The van der Waals surface area contributed by atoms with Gasteiger partial charge in [-0.2, -0.15) is 5.10 Å². The molecule has 0 aliphatic heterocycles. The minimum atomic E-state index is -0.238. The fourth-order valence-electron chi connectivity index (χ4n) is 2.46. The molecule has 2 aromatic heterocycles. The first-order chi connectivity index (χ1) is 10.2. The fraction of sp³-hybridized carbons (Fsp3) is 0.200. The number of nitrogens with zero attached hydrogens (tertiary/aromatic N) is 2. The van der Waals surface area contributed by atoms with E-state index in [0.717, 1.165) is 23.2 Å². The average Bonchev–Trinajstić information content (AvgIpc) is 2.86. The van der Waals surface area contributed by atoms with Gasteiger partial charge in [0.25, 0.3) is 0 Å². The van der Waals surface area contributed by atoms with E-state index in [9.17, 15) is 4.79 Å². The predicted octanol–water partition coefficient (Wildman–Crippen LogP) is 3.51. The zero-order valence-corrected chi connectivity index (χ0v) is 12.7. The molecule has 2 heterocycles. The summed E-state index contributed by atoms with van der Waals surface area (Å²) in [5.74, 6) is 0.540. The molecule has 0 atom stereocenters. The van der Waals surface area contributed by atoms with Gasteiger partial charge in [0.05, 0.1) is 0 Å². The van der Waals surface area contributed by atoms with Crippen LogP contribution in [0, 0.1) is 0 Å². The maximum atomic E-state index is 12.0. The quantitative estimate of drug-likeness (QED) is 0.747. The molecule has 0 aliphatic rings. The van der Waals surface area contributed by atoms with Crippen molar-refractivity contribution in [1.29, 1.82) is 0 Å². The zero-order valence-electron chi connectivity index (χ0n) is 11.1. The van der Waals surface area contributed by atoms with E-state index in [4.69, 9.17) is 23.2 Å². The number of H-pyrrole nitrogens is 1. The molecule has 0 amide bonds. The molecule has 0 radical (unpaired) electrons. The Morgan fingerprint density at radius 2 is 2.10 bits per heavy atom. The molecule has 3 rings (SSSR count). The van der Waals surface area contributed by atoms with E-state index in [2.05, 4.69) is 10.2 Å². The lowest BCUT2D eigenvalue weighted by atomic mass is 10.0. The number of hydrogen-bond donors (Lipinski definition) is 1. The molecule has 3 aromatic rings. The summed E-state index contributed by atoms with van der Waals surface area (Å²) in [6.45, 7) is 0. The second-order valence-electron chi connectivity index (χ2n) is 4.72. The first-order valence-corrected chi connectivity index (χ1v) is 7.53. The van der Waals surface area contributed by atoms with Gasteiger partial charge in [-0.05, 0) is 42.7 Å². The number of rotatable bonds is 4. The Morgan fingerprint density at radius 1 is 1.24 bits per heavy atom. The number of fused-ring (bicyclic) bond motifs is 1. The Labute approximate surface area is 131 Å². The van der Waals surface area contributed by atoms with E-state index < -0.39 is 0 Å². The van der Waals surface area contributed by atoms with E-state index in [-0.39, 0.29) is 5.69 Å². The van der Waals surface area contributed by atoms with Crippen LogP contribution in [0.2, 0.25) is 5.02 Å². The first-order valence-electron chi connectivity index (χ1n) is 6.61. The van der Waals surface area contributed by atoms with Crippen LogP contribution in [0.5, 0.6) is 0 Å². The molecular weight excluding hydrogens is 309 g/mol. The Hall–Kier alpha value is -1.78. The Bertz CT molecular complexity index is 838. The van der Waals surface area contributed by atoms with Gasteiger partial charge >= 0.3 is 5.69 Å². The van der Waals surface area contributed by atoms with Crippen molar-refractivity contribution in [3.63, 3.8) is 0 Å². The largest absolute Gasteiger partial charge is 0.347 e. The van der Waals surface area contributed by atoms with Gasteiger partial charge < -0.3 is 0 Å². The molecular formula is C15H13Cl2N3O. The highest BCUT2D eigenvalue weighted by Crippen LogP contribution is 2.27. The van der Waals surface area contributed by atoms with Gasteiger partial charge in [-0.15, -0.1) is 11.6 Å². The van der Waals surface area contributed by atoms with Gasteiger partial charge in [0, 0.05) is 22.2 Å². The second kappa shape index (κ2) is 5.92. The Morgan fingerprint density at radius 3 is 2.86 bits per heavy atom. The van der Waals surface area contributed by atoms with E-state index in [1.165, 1.54) is 0 Å². The third-order valence-electron chi connectivity index (χ3n) is 3.36. The lowest BCUT2D eigenvalue weighted by Crippen LogP contribution is -2.14. The molecule has 0 fully saturated rings. The summed E-state index contributed by atoms with van der Waals surface area (Å²) in [6.07, 6.45) is 1.48. The third kappa shape index (κ3) is 2.69. The molecule has 0 unspecified atom stereocenters. The number of aromatic amines is 1. The minimum absolute atomic E-state index is 0.238. The SMILES string of the molecule is O=c1[nH]nc2ccc(-c3cccc(Cl)c3)c(CCCCl)n12. The molecule has 4 nitrogen and oxygen atoms in total. The van der Waals surface area contributed by atoms with Crippen molar-refractivity contribution >= 4 is 28.8 Å². The summed E-state index contributed by atoms with van der Waals surface area (Å²) in [5, 5.41) is 7.15. The first kappa shape index (κ1) is 14.2. The summed E-state index contributed by atoms with van der Waals surface area (Å²) in [5.41, 5.74) is 3.21. The molecule has 1 aromatic carbocycles. The number of aromatic nitrogens is 3. The van der Waals surface area contributed by atoms with Gasteiger partial charge in [0.2, 0.25) is 0 Å². The maximum Gasteiger partial charge on any atom is 0.347 e. The van der Waals surface area contributed by atoms with Gasteiger partial charge in [-0.25, -0.2) is 14.3 Å². The Balaban J connectivity index is 2.26.